The van der Waals surface area contributed by atoms with Crippen molar-refractivity contribution in [3.05, 3.63) is 52.4 Å². The van der Waals surface area contributed by atoms with Crippen LogP contribution in [0.25, 0.3) is 0 Å². The molecule has 0 aliphatic carbocycles. The van der Waals surface area contributed by atoms with Gasteiger partial charge in [0.25, 0.3) is 0 Å². The monoisotopic (exact) mass is 253 g/mol. The number of hydrogen-bond donors (Lipinski definition) is 2. The predicted octanol–water partition coefficient (Wildman–Crippen LogP) is 2.11. The lowest BCUT2D eigenvalue weighted by molar-refractivity contribution is 0.0691. The van der Waals surface area contributed by atoms with Gasteiger partial charge < -0.3 is 14.7 Å². The van der Waals surface area contributed by atoms with Crippen molar-refractivity contribution in [2.45, 2.75) is 6.10 Å². The van der Waals surface area contributed by atoms with Gasteiger partial charge in [0.2, 0.25) is 0 Å². The molecular formula is C11H8ClNO4. The molecule has 17 heavy (non-hydrogen) atoms. The predicted molar refractivity (Wildman–Crippen MR) is 59.0 cm³/mol. The van der Waals surface area contributed by atoms with Gasteiger partial charge >= 0.3 is 5.97 Å². The van der Waals surface area contributed by atoms with Gasteiger partial charge in [-0.2, -0.15) is 0 Å². The van der Waals surface area contributed by atoms with E-state index in [0.717, 1.165) is 6.26 Å². The maximum Gasteiger partial charge on any atom is 0.341 e. The molecule has 1 unspecified atom stereocenters. The average Bonchev–Trinajstić information content (AvgIpc) is 2.78. The minimum absolute atomic E-state index is 0.0279. The fourth-order valence-electron chi connectivity index (χ4n) is 1.41. The van der Waals surface area contributed by atoms with E-state index in [9.17, 15) is 9.90 Å². The van der Waals surface area contributed by atoms with Gasteiger partial charge in [-0.25, -0.2) is 4.79 Å². The quantitative estimate of drug-likeness (QED) is 0.875. The second-order valence-electron chi connectivity index (χ2n) is 3.37. The number of carbonyl (C=O) groups is 1. The van der Waals surface area contributed by atoms with Crippen molar-refractivity contribution < 1.29 is 19.5 Å². The number of nitrogens with zero attached hydrogens (tertiary/aromatic N) is 1. The molecule has 0 fully saturated rings. The Labute approximate surface area is 101 Å². The SMILES string of the molecule is O=C(O)c1conc1C(O)c1ccc(Cl)cc1. The highest BCUT2D eigenvalue weighted by atomic mass is 35.5. The third-order valence-corrected chi connectivity index (χ3v) is 2.52. The van der Waals surface area contributed by atoms with Crippen molar-refractivity contribution in [3.8, 4) is 0 Å². The summed E-state index contributed by atoms with van der Waals surface area (Å²) in [6.45, 7) is 0. The number of rotatable bonds is 3. The first-order chi connectivity index (χ1) is 8.09. The van der Waals surface area contributed by atoms with E-state index in [1.165, 1.54) is 0 Å². The molecule has 1 atom stereocenters. The number of aliphatic hydroxyl groups is 1. The average molecular weight is 254 g/mol. The van der Waals surface area contributed by atoms with E-state index in [4.69, 9.17) is 16.7 Å². The number of aromatic carboxylic acids is 1. The summed E-state index contributed by atoms with van der Waals surface area (Å²) in [5, 5.41) is 22.9. The summed E-state index contributed by atoms with van der Waals surface area (Å²) in [6, 6.07) is 6.38. The van der Waals surface area contributed by atoms with Crippen molar-refractivity contribution in [3.63, 3.8) is 0 Å². The molecule has 2 rings (SSSR count). The zero-order chi connectivity index (χ0) is 12.4. The van der Waals surface area contributed by atoms with Crippen molar-refractivity contribution in [1.82, 2.24) is 5.16 Å². The van der Waals surface area contributed by atoms with Crippen LogP contribution < -0.4 is 0 Å². The summed E-state index contributed by atoms with van der Waals surface area (Å²) < 4.78 is 4.56. The van der Waals surface area contributed by atoms with Crippen LogP contribution in [-0.2, 0) is 0 Å². The Morgan fingerprint density at radius 2 is 2.00 bits per heavy atom. The maximum atomic E-state index is 10.8. The third-order valence-electron chi connectivity index (χ3n) is 2.27. The third kappa shape index (κ3) is 2.30. The largest absolute Gasteiger partial charge is 0.478 e. The molecule has 1 aromatic carbocycles. The lowest BCUT2D eigenvalue weighted by atomic mass is 10.0. The molecule has 1 heterocycles. The Bertz CT molecular complexity index is 535. The molecule has 5 nitrogen and oxygen atoms in total. The Balaban J connectivity index is 2.36. The molecule has 0 radical (unpaired) electrons. The van der Waals surface area contributed by atoms with Crippen LogP contribution in [0.2, 0.25) is 5.02 Å². The summed E-state index contributed by atoms with van der Waals surface area (Å²) in [5.41, 5.74) is 0.304. The highest BCUT2D eigenvalue weighted by Crippen LogP contribution is 2.24. The zero-order valence-electron chi connectivity index (χ0n) is 8.50. The van der Waals surface area contributed by atoms with Crippen LogP contribution in [0.15, 0.2) is 35.1 Å². The van der Waals surface area contributed by atoms with E-state index in [1.807, 2.05) is 0 Å². The Kier molecular flexibility index (Phi) is 3.12. The minimum Gasteiger partial charge on any atom is -0.478 e. The first kappa shape index (κ1) is 11.6. The molecule has 2 aromatic rings. The maximum absolute atomic E-state index is 10.8. The molecule has 0 saturated carbocycles. The van der Waals surface area contributed by atoms with Crippen LogP contribution in [0.3, 0.4) is 0 Å². The van der Waals surface area contributed by atoms with Crippen LogP contribution in [-0.4, -0.2) is 21.3 Å². The summed E-state index contributed by atoms with van der Waals surface area (Å²) in [4.78, 5) is 10.8. The zero-order valence-corrected chi connectivity index (χ0v) is 9.26. The van der Waals surface area contributed by atoms with E-state index in [0.29, 0.717) is 10.6 Å². The van der Waals surface area contributed by atoms with Crippen LogP contribution in [0.4, 0.5) is 0 Å². The molecule has 1 aromatic heterocycles. The summed E-state index contributed by atoms with van der Waals surface area (Å²) in [7, 11) is 0. The van der Waals surface area contributed by atoms with Crippen molar-refractivity contribution in [2.24, 2.45) is 0 Å². The van der Waals surface area contributed by atoms with Gasteiger partial charge in [0.05, 0.1) is 0 Å². The molecule has 6 heteroatoms. The van der Waals surface area contributed by atoms with E-state index >= 15 is 0 Å². The number of carboxylic acid groups (broad SMARTS) is 1. The molecular weight excluding hydrogens is 246 g/mol. The number of hydrogen-bond acceptors (Lipinski definition) is 4. The van der Waals surface area contributed by atoms with E-state index in [2.05, 4.69) is 9.68 Å². The van der Waals surface area contributed by atoms with E-state index in [1.54, 1.807) is 24.3 Å². The first-order valence-electron chi connectivity index (χ1n) is 4.70. The summed E-state index contributed by atoms with van der Waals surface area (Å²) in [6.07, 6.45) is -0.173. The normalized spacial score (nSPS) is 12.4. The second kappa shape index (κ2) is 4.57. The molecule has 0 spiro atoms. The molecule has 88 valence electrons. The minimum atomic E-state index is -1.20. The highest BCUT2D eigenvalue weighted by Gasteiger charge is 2.22. The van der Waals surface area contributed by atoms with Crippen LogP contribution in [0.1, 0.15) is 27.7 Å². The molecule has 0 saturated heterocycles. The Morgan fingerprint density at radius 1 is 1.35 bits per heavy atom. The van der Waals surface area contributed by atoms with Gasteiger partial charge in [0, 0.05) is 5.02 Å². The van der Waals surface area contributed by atoms with Gasteiger partial charge in [0.15, 0.2) is 0 Å². The van der Waals surface area contributed by atoms with Gasteiger partial charge in [-0.1, -0.05) is 28.9 Å². The Hall–Kier alpha value is -1.85. The first-order valence-corrected chi connectivity index (χ1v) is 5.08. The van der Waals surface area contributed by atoms with Crippen molar-refractivity contribution in [2.75, 3.05) is 0 Å². The van der Waals surface area contributed by atoms with E-state index < -0.39 is 12.1 Å². The number of carboxylic acids is 1. The molecule has 0 aliphatic heterocycles. The van der Waals surface area contributed by atoms with Crippen LogP contribution >= 0.6 is 11.6 Å². The Morgan fingerprint density at radius 3 is 2.59 bits per heavy atom. The number of benzene rings is 1. The topological polar surface area (TPSA) is 83.6 Å². The molecule has 2 N–H and O–H groups in total. The summed E-state index contributed by atoms with van der Waals surface area (Å²) in [5.74, 6) is -1.20. The summed E-state index contributed by atoms with van der Waals surface area (Å²) >= 11 is 5.71. The molecule has 0 amide bonds. The van der Waals surface area contributed by atoms with Gasteiger partial charge in [-0.05, 0) is 17.7 Å². The standard InChI is InChI=1S/C11H8ClNO4/c12-7-3-1-6(2-4-7)10(14)9-8(11(15)16)5-17-13-9/h1-5,10,14H,(H,15,16). The number of aromatic nitrogens is 1. The van der Waals surface area contributed by atoms with Gasteiger partial charge in [-0.3, -0.25) is 0 Å². The fourth-order valence-corrected chi connectivity index (χ4v) is 1.53. The molecule has 0 aliphatic rings. The smallest absolute Gasteiger partial charge is 0.341 e. The van der Waals surface area contributed by atoms with Crippen molar-refractivity contribution in [1.29, 1.82) is 0 Å². The second-order valence-corrected chi connectivity index (χ2v) is 3.81. The lowest BCUT2D eigenvalue weighted by Gasteiger charge is -2.08. The fraction of sp³-hybridized carbons (Fsp3) is 0.0909. The lowest BCUT2D eigenvalue weighted by Crippen LogP contribution is -2.06. The molecule has 0 bridgehead atoms. The van der Waals surface area contributed by atoms with Gasteiger partial charge in [0.1, 0.15) is 23.6 Å². The van der Waals surface area contributed by atoms with Gasteiger partial charge in [-0.15, -0.1) is 0 Å². The van der Waals surface area contributed by atoms with Crippen molar-refractivity contribution >= 4 is 17.6 Å². The highest BCUT2D eigenvalue weighted by molar-refractivity contribution is 6.30. The van der Waals surface area contributed by atoms with Crippen LogP contribution in [0, 0.1) is 0 Å². The number of halogens is 1. The number of aliphatic hydroxyl groups excluding tert-OH is 1. The van der Waals surface area contributed by atoms with E-state index in [-0.39, 0.29) is 11.3 Å². The van der Waals surface area contributed by atoms with Crippen LogP contribution in [0.5, 0.6) is 0 Å².